The van der Waals surface area contributed by atoms with E-state index >= 15 is 0 Å². The molecule has 0 bridgehead atoms. The highest BCUT2D eigenvalue weighted by molar-refractivity contribution is 6.32. The number of benzene rings is 1. The molecule has 0 unspecified atom stereocenters. The zero-order chi connectivity index (χ0) is 14.0. The fourth-order valence-electron chi connectivity index (χ4n) is 1.43. The molecule has 2 aromatic rings. The van der Waals surface area contributed by atoms with Crippen LogP contribution in [0, 0.1) is 0 Å². The third kappa shape index (κ3) is 3.24. The minimum absolute atomic E-state index is 0.0620. The van der Waals surface area contributed by atoms with Gasteiger partial charge in [0.2, 0.25) is 5.28 Å². The molecular weight excluding hydrogens is 289 g/mol. The molecule has 19 heavy (non-hydrogen) atoms. The Balaban J connectivity index is 2.25. The summed E-state index contributed by atoms with van der Waals surface area (Å²) in [5.41, 5.74) is 12.3. The topological polar surface area (TPSA) is 107 Å². The van der Waals surface area contributed by atoms with Crippen molar-refractivity contribution in [2.75, 3.05) is 16.8 Å². The minimum Gasteiger partial charge on any atom is -0.399 e. The number of carbonyl (C=O) groups is 1. The van der Waals surface area contributed by atoms with E-state index < -0.39 is 5.91 Å². The Morgan fingerprint density at radius 2 is 1.89 bits per heavy atom. The van der Waals surface area contributed by atoms with Gasteiger partial charge in [0.25, 0.3) is 5.91 Å². The van der Waals surface area contributed by atoms with Crippen LogP contribution in [0.2, 0.25) is 10.4 Å². The summed E-state index contributed by atoms with van der Waals surface area (Å²) >= 11 is 11.3. The molecule has 8 heteroatoms. The summed E-state index contributed by atoms with van der Waals surface area (Å²) < 4.78 is 0. The number of amides is 1. The third-order valence-corrected chi connectivity index (χ3v) is 2.59. The number of carbonyl (C=O) groups excluding carboxylic acids is 1. The van der Waals surface area contributed by atoms with Crippen LogP contribution < -0.4 is 16.8 Å². The Labute approximate surface area is 118 Å². The van der Waals surface area contributed by atoms with Gasteiger partial charge in [-0.15, -0.1) is 0 Å². The quantitative estimate of drug-likeness (QED) is 0.447. The molecule has 0 atom stereocenters. The zero-order valence-corrected chi connectivity index (χ0v) is 11.0. The number of nitrogens with two attached hydrogens (primary N) is 2. The Morgan fingerprint density at radius 3 is 2.53 bits per heavy atom. The monoisotopic (exact) mass is 297 g/mol. The van der Waals surface area contributed by atoms with Crippen LogP contribution >= 0.6 is 23.2 Å². The molecule has 0 fully saturated rings. The fourth-order valence-corrected chi connectivity index (χ4v) is 1.83. The largest absolute Gasteiger partial charge is 0.399 e. The summed E-state index contributed by atoms with van der Waals surface area (Å²) in [6.07, 6.45) is 0. The van der Waals surface area contributed by atoms with Crippen molar-refractivity contribution in [3.63, 3.8) is 0 Å². The molecule has 0 aliphatic heterocycles. The number of nitrogens with zero attached hydrogens (tertiary/aromatic N) is 2. The van der Waals surface area contributed by atoms with Crippen molar-refractivity contribution in [2.24, 2.45) is 0 Å². The van der Waals surface area contributed by atoms with Gasteiger partial charge in [0.05, 0.1) is 5.56 Å². The van der Waals surface area contributed by atoms with Crippen LogP contribution in [0.4, 0.5) is 17.2 Å². The van der Waals surface area contributed by atoms with E-state index in [9.17, 15) is 4.79 Å². The second-order valence-corrected chi connectivity index (χ2v) is 4.37. The lowest BCUT2D eigenvalue weighted by atomic mass is 10.1. The molecule has 2 rings (SSSR count). The molecule has 0 aliphatic rings. The molecule has 1 heterocycles. The van der Waals surface area contributed by atoms with Crippen LogP contribution in [-0.2, 0) is 0 Å². The second-order valence-electron chi connectivity index (χ2n) is 3.65. The van der Waals surface area contributed by atoms with Crippen LogP contribution in [0.1, 0.15) is 10.4 Å². The van der Waals surface area contributed by atoms with Crippen LogP contribution in [0.5, 0.6) is 0 Å². The number of anilines is 3. The number of rotatable bonds is 2. The van der Waals surface area contributed by atoms with Gasteiger partial charge < -0.3 is 16.8 Å². The highest BCUT2D eigenvalue weighted by Crippen LogP contribution is 2.19. The lowest BCUT2D eigenvalue weighted by Crippen LogP contribution is -2.15. The Bertz CT molecular complexity index is 627. The van der Waals surface area contributed by atoms with Crippen LogP contribution in [0.15, 0.2) is 24.3 Å². The molecule has 0 saturated carbocycles. The zero-order valence-electron chi connectivity index (χ0n) is 9.52. The molecule has 1 aromatic heterocycles. The predicted octanol–water partition coefficient (Wildman–Crippen LogP) is 2.20. The third-order valence-electron chi connectivity index (χ3n) is 2.23. The highest BCUT2D eigenvalue weighted by Gasteiger charge is 2.11. The first-order valence-corrected chi connectivity index (χ1v) is 5.88. The summed E-state index contributed by atoms with van der Waals surface area (Å²) in [6.45, 7) is 0. The normalized spacial score (nSPS) is 10.2. The summed E-state index contributed by atoms with van der Waals surface area (Å²) in [6, 6.07) is 5.96. The first kappa shape index (κ1) is 13.4. The molecule has 1 amide bonds. The molecule has 0 spiro atoms. The predicted molar refractivity (Wildman–Crippen MR) is 75.3 cm³/mol. The van der Waals surface area contributed by atoms with Gasteiger partial charge in [0, 0.05) is 17.4 Å². The van der Waals surface area contributed by atoms with Crippen molar-refractivity contribution < 1.29 is 4.79 Å². The second kappa shape index (κ2) is 5.29. The van der Waals surface area contributed by atoms with E-state index in [4.69, 9.17) is 34.7 Å². The Hall–Kier alpha value is -2.05. The average molecular weight is 298 g/mol. The number of aromatic nitrogens is 2. The van der Waals surface area contributed by atoms with Gasteiger partial charge in [0.15, 0.2) is 0 Å². The van der Waals surface area contributed by atoms with E-state index in [0.717, 1.165) is 0 Å². The van der Waals surface area contributed by atoms with E-state index in [2.05, 4.69) is 15.3 Å². The van der Waals surface area contributed by atoms with Gasteiger partial charge in [-0.25, -0.2) is 9.97 Å². The number of hydrogen-bond acceptors (Lipinski definition) is 5. The summed E-state index contributed by atoms with van der Waals surface area (Å²) in [4.78, 5) is 19.5. The van der Waals surface area contributed by atoms with Crippen molar-refractivity contribution in [1.29, 1.82) is 0 Å². The van der Waals surface area contributed by atoms with Crippen LogP contribution in [-0.4, -0.2) is 15.9 Å². The SMILES string of the molecule is Nc1ccc(C(=O)Nc2cc(Cl)nc(Cl)n2)c(N)c1. The molecule has 98 valence electrons. The van der Waals surface area contributed by atoms with E-state index in [1.807, 2.05) is 0 Å². The van der Waals surface area contributed by atoms with Gasteiger partial charge >= 0.3 is 0 Å². The maximum absolute atomic E-state index is 12.0. The maximum atomic E-state index is 12.0. The summed E-state index contributed by atoms with van der Waals surface area (Å²) in [5, 5.41) is 2.58. The van der Waals surface area contributed by atoms with Crippen molar-refractivity contribution >= 4 is 46.3 Å². The summed E-state index contributed by atoms with van der Waals surface area (Å²) in [5.74, 6) is -0.255. The Kier molecular flexibility index (Phi) is 3.73. The van der Waals surface area contributed by atoms with Gasteiger partial charge in [-0.1, -0.05) is 11.6 Å². The van der Waals surface area contributed by atoms with Crippen molar-refractivity contribution in [3.8, 4) is 0 Å². The smallest absolute Gasteiger partial charge is 0.258 e. The van der Waals surface area contributed by atoms with Crippen molar-refractivity contribution in [1.82, 2.24) is 9.97 Å². The van der Waals surface area contributed by atoms with E-state index in [-0.39, 0.29) is 27.5 Å². The van der Waals surface area contributed by atoms with Crippen molar-refractivity contribution in [2.45, 2.75) is 0 Å². The lowest BCUT2D eigenvalue weighted by molar-refractivity contribution is 0.102. The molecular formula is C11H9Cl2N5O. The van der Waals surface area contributed by atoms with Gasteiger partial charge in [-0.3, -0.25) is 4.79 Å². The molecule has 5 N–H and O–H groups in total. The van der Waals surface area contributed by atoms with Crippen LogP contribution in [0.25, 0.3) is 0 Å². The Morgan fingerprint density at radius 1 is 1.16 bits per heavy atom. The average Bonchev–Trinajstić information content (AvgIpc) is 2.26. The summed E-state index contributed by atoms with van der Waals surface area (Å²) in [7, 11) is 0. The minimum atomic E-state index is -0.441. The number of nitrogens with one attached hydrogen (secondary N) is 1. The molecule has 1 aromatic carbocycles. The van der Waals surface area contributed by atoms with E-state index in [0.29, 0.717) is 5.69 Å². The van der Waals surface area contributed by atoms with Gasteiger partial charge in [0.1, 0.15) is 11.0 Å². The fraction of sp³-hybridized carbons (Fsp3) is 0. The first-order valence-electron chi connectivity index (χ1n) is 5.12. The van der Waals surface area contributed by atoms with Crippen LogP contribution in [0.3, 0.4) is 0 Å². The van der Waals surface area contributed by atoms with Gasteiger partial charge in [-0.05, 0) is 29.8 Å². The number of hydrogen-bond donors (Lipinski definition) is 3. The van der Waals surface area contributed by atoms with E-state index in [1.54, 1.807) is 6.07 Å². The molecule has 0 aliphatic carbocycles. The van der Waals surface area contributed by atoms with Crippen molar-refractivity contribution in [3.05, 3.63) is 40.3 Å². The number of nitrogen functional groups attached to an aromatic ring is 2. The lowest BCUT2D eigenvalue weighted by Gasteiger charge is -2.07. The molecule has 0 saturated heterocycles. The maximum Gasteiger partial charge on any atom is 0.258 e. The number of halogens is 2. The standard InChI is InChI=1S/C11H9Cl2N5O/c12-8-4-9(18-11(13)16-8)17-10(19)6-2-1-5(14)3-7(6)15/h1-4H,14-15H2,(H,16,17,18,19). The highest BCUT2D eigenvalue weighted by atomic mass is 35.5. The van der Waals surface area contributed by atoms with E-state index in [1.165, 1.54) is 18.2 Å². The molecule has 0 radical (unpaired) electrons. The first-order chi connectivity index (χ1) is 8.95. The van der Waals surface area contributed by atoms with Gasteiger partial charge in [-0.2, -0.15) is 0 Å². The molecule has 6 nitrogen and oxygen atoms in total.